The van der Waals surface area contributed by atoms with E-state index in [2.05, 4.69) is 5.32 Å². The molecule has 29 heavy (non-hydrogen) atoms. The van der Waals surface area contributed by atoms with E-state index in [1.54, 1.807) is 43.3 Å². The summed E-state index contributed by atoms with van der Waals surface area (Å²) in [6.45, 7) is 2.20. The van der Waals surface area contributed by atoms with Crippen molar-refractivity contribution < 1.29 is 19.8 Å². The molecule has 0 aliphatic carbocycles. The van der Waals surface area contributed by atoms with Crippen LogP contribution < -0.4 is 5.32 Å². The van der Waals surface area contributed by atoms with Crippen LogP contribution in [0.25, 0.3) is 0 Å². The second kappa shape index (κ2) is 9.06. The molecule has 0 heterocycles. The van der Waals surface area contributed by atoms with Gasteiger partial charge in [0.25, 0.3) is 0 Å². The first kappa shape index (κ1) is 20.1. The molecule has 0 saturated heterocycles. The average molecular weight is 389 g/mol. The van der Waals surface area contributed by atoms with E-state index >= 15 is 0 Å². The van der Waals surface area contributed by atoms with Crippen LogP contribution in [0.5, 0.6) is 11.5 Å². The third kappa shape index (κ3) is 5.02. The molecule has 0 fully saturated rings. The van der Waals surface area contributed by atoms with Gasteiger partial charge in [-0.3, -0.25) is 9.59 Å². The molecular weight excluding hydrogens is 366 g/mol. The highest BCUT2D eigenvalue weighted by Gasteiger charge is 2.17. The van der Waals surface area contributed by atoms with E-state index < -0.39 is 5.92 Å². The smallest absolute Gasteiger partial charge is 0.227 e. The molecule has 0 aromatic heterocycles. The number of hydrogen-bond donors (Lipinski definition) is 3. The van der Waals surface area contributed by atoms with Crippen molar-refractivity contribution in [2.24, 2.45) is 0 Å². The summed E-state index contributed by atoms with van der Waals surface area (Å²) < 4.78 is 0. The molecule has 0 bridgehead atoms. The van der Waals surface area contributed by atoms with Gasteiger partial charge in [-0.2, -0.15) is 0 Å². The predicted octanol–water partition coefficient (Wildman–Crippen LogP) is 3.79. The number of ketones is 1. The van der Waals surface area contributed by atoms with Crippen molar-refractivity contribution in [3.05, 3.63) is 95.1 Å². The molecular formula is C24H23NO4. The summed E-state index contributed by atoms with van der Waals surface area (Å²) in [5.41, 5.74) is 2.74. The first-order valence-corrected chi connectivity index (χ1v) is 9.44. The first-order valence-electron chi connectivity index (χ1n) is 9.44. The Kier molecular flexibility index (Phi) is 6.29. The van der Waals surface area contributed by atoms with E-state index in [0.717, 1.165) is 11.1 Å². The van der Waals surface area contributed by atoms with Gasteiger partial charge >= 0.3 is 0 Å². The Morgan fingerprint density at radius 2 is 1.59 bits per heavy atom. The third-order valence-corrected chi connectivity index (χ3v) is 4.83. The molecule has 3 rings (SSSR count). The van der Waals surface area contributed by atoms with Crippen LogP contribution in [0.1, 0.15) is 39.9 Å². The molecule has 0 radical (unpaired) electrons. The second-order valence-electron chi connectivity index (χ2n) is 6.91. The van der Waals surface area contributed by atoms with Gasteiger partial charge in [-0.25, -0.2) is 0 Å². The summed E-state index contributed by atoms with van der Waals surface area (Å²) in [4.78, 5) is 25.2. The van der Waals surface area contributed by atoms with Gasteiger partial charge < -0.3 is 15.5 Å². The van der Waals surface area contributed by atoms with Crippen LogP contribution in [0.3, 0.4) is 0 Å². The van der Waals surface area contributed by atoms with Gasteiger partial charge in [-0.05, 0) is 42.7 Å². The normalized spacial score (nSPS) is 11.6. The topological polar surface area (TPSA) is 86.6 Å². The highest BCUT2D eigenvalue weighted by Crippen LogP contribution is 2.25. The highest BCUT2D eigenvalue weighted by atomic mass is 16.3. The fourth-order valence-corrected chi connectivity index (χ4v) is 3.06. The summed E-state index contributed by atoms with van der Waals surface area (Å²) in [6, 6.07) is 20.8. The van der Waals surface area contributed by atoms with Crippen LogP contribution in [0.2, 0.25) is 0 Å². The van der Waals surface area contributed by atoms with Crippen molar-refractivity contribution in [1.29, 1.82) is 0 Å². The molecule has 0 spiro atoms. The Hall–Kier alpha value is -3.60. The van der Waals surface area contributed by atoms with Crippen molar-refractivity contribution in [3.63, 3.8) is 0 Å². The molecule has 0 saturated carbocycles. The molecule has 3 aromatic carbocycles. The van der Waals surface area contributed by atoms with E-state index in [1.165, 1.54) is 12.1 Å². The van der Waals surface area contributed by atoms with Crippen LogP contribution in [0.15, 0.2) is 72.8 Å². The summed E-state index contributed by atoms with van der Waals surface area (Å²) >= 11 is 0. The fraction of sp³-hybridized carbons (Fsp3) is 0.167. The number of aromatic hydroxyl groups is 2. The summed E-state index contributed by atoms with van der Waals surface area (Å²) in [5, 5.41) is 21.8. The SMILES string of the molecule is C[C@H](C(=O)NCCc1ccc(O)c(O)c1)c1cccc(C(=O)c2ccccc2)c1. The quantitative estimate of drug-likeness (QED) is 0.424. The van der Waals surface area contributed by atoms with Gasteiger partial charge in [0.15, 0.2) is 17.3 Å². The minimum absolute atomic E-state index is 0.0767. The lowest BCUT2D eigenvalue weighted by Crippen LogP contribution is -2.29. The zero-order valence-corrected chi connectivity index (χ0v) is 16.1. The number of carbonyl (C=O) groups is 2. The van der Waals surface area contributed by atoms with Gasteiger partial charge in [0.05, 0.1) is 5.92 Å². The average Bonchev–Trinajstić information content (AvgIpc) is 2.75. The van der Waals surface area contributed by atoms with E-state index in [0.29, 0.717) is 24.1 Å². The van der Waals surface area contributed by atoms with Gasteiger partial charge in [0.2, 0.25) is 5.91 Å². The first-order chi connectivity index (χ1) is 14.0. The Morgan fingerprint density at radius 1 is 0.862 bits per heavy atom. The number of phenolic OH excluding ortho intramolecular Hbond substituents is 2. The molecule has 3 aromatic rings. The fourth-order valence-electron chi connectivity index (χ4n) is 3.06. The zero-order chi connectivity index (χ0) is 20.8. The van der Waals surface area contributed by atoms with Crippen molar-refractivity contribution >= 4 is 11.7 Å². The monoisotopic (exact) mass is 389 g/mol. The Morgan fingerprint density at radius 3 is 2.31 bits per heavy atom. The second-order valence-corrected chi connectivity index (χ2v) is 6.91. The number of amides is 1. The minimum Gasteiger partial charge on any atom is -0.504 e. The summed E-state index contributed by atoms with van der Waals surface area (Å²) in [6.07, 6.45) is 0.527. The number of benzene rings is 3. The maximum absolute atomic E-state index is 12.6. The van der Waals surface area contributed by atoms with Gasteiger partial charge in [-0.1, -0.05) is 54.6 Å². The molecule has 0 aliphatic heterocycles. The van der Waals surface area contributed by atoms with Crippen LogP contribution in [-0.4, -0.2) is 28.4 Å². The number of carbonyl (C=O) groups excluding carboxylic acids is 2. The number of hydrogen-bond acceptors (Lipinski definition) is 4. The lowest BCUT2D eigenvalue weighted by atomic mass is 9.95. The lowest BCUT2D eigenvalue weighted by Gasteiger charge is -2.14. The van der Waals surface area contributed by atoms with E-state index in [-0.39, 0.29) is 23.2 Å². The van der Waals surface area contributed by atoms with Crippen molar-refractivity contribution in [2.75, 3.05) is 6.54 Å². The zero-order valence-electron chi connectivity index (χ0n) is 16.1. The predicted molar refractivity (Wildman–Crippen MR) is 111 cm³/mol. The maximum atomic E-state index is 12.6. The Bertz CT molecular complexity index is 1010. The standard InChI is InChI=1S/C24H23NO4/c1-16(24(29)25-13-12-17-10-11-21(26)22(27)14-17)19-8-5-9-20(15-19)23(28)18-6-3-2-4-7-18/h2-11,14-16,26-27H,12-13H2,1H3,(H,25,29)/t16-/m0/s1. The van der Waals surface area contributed by atoms with Crippen molar-refractivity contribution in [2.45, 2.75) is 19.3 Å². The summed E-state index contributed by atoms with van der Waals surface area (Å²) in [7, 11) is 0. The van der Waals surface area contributed by atoms with Crippen molar-refractivity contribution in [1.82, 2.24) is 5.32 Å². The maximum Gasteiger partial charge on any atom is 0.227 e. The van der Waals surface area contributed by atoms with Crippen molar-refractivity contribution in [3.8, 4) is 11.5 Å². The Labute approximate surface area is 169 Å². The van der Waals surface area contributed by atoms with E-state index in [4.69, 9.17) is 0 Å². The van der Waals surface area contributed by atoms with Crippen LogP contribution in [-0.2, 0) is 11.2 Å². The molecule has 5 heteroatoms. The van der Waals surface area contributed by atoms with Crippen LogP contribution in [0, 0.1) is 0 Å². The van der Waals surface area contributed by atoms with E-state index in [9.17, 15) is 19.8 Å². The minimum atomic E-state index is -0.410. The van der Waals surface area contributed by atoms with Crippen LogP contribution >= 0.6 is 0 Å². The van der Waals surface area contributed by atoms with Crippen LogP contribution in [0.4, 0.5) is 0 Å². The van der Waals surface area contributed by atoms with E-state index in [1.807, 2.05) is 24.3 Å². The molecule has 5 nitrogen and oxygen atoms in total. The molecule has 0 aliphatic rings. The third-order valence-electron chi connectivity index (χ3n) is 4.83. The largest absolute Gasteiger partial charge is 0.504 e. The highest BCUT2D eigenvalue weighted by molar-refractivity contribution is 6.09. The van der Waals surface area contributed by atoms with Gasteiger partial charge in [-0.15, -0.1) is 0 Å². The Balaban J connectivity index is 1.62. The summed E-state index contributed by atoms with van der Waals surface area (Å²) in [5.74, 6) is -0.977. The van der Waals surface area contributed by atoms with Gasteiger partial charge in [0.1, 0.15) is 0 Å². The molecule has 3 N–H and O–H groups in total. The molecule has 1 atom stereocenters. The number of nitrogens with one attached hydrogen (secondary N) is 1. The lowest BCUT2D eigenvalue weighted by molar-refractivity contribution is -0.122. The molecule has 0 unspecified atom stereocenters. The molecule has 148 valence electrons. The number of rotatable bonds is 7. The number of phenols is 2. The molecule has 1 amide bonds. The van der Waals surface area contributed by atoms with Gasteiger partial charge in [0, 0.05) is 17.7 Å².